The largest absolute Gasteiger partial charge is 0.345 e. The van der Waals surface area contributed by atoms with Gasteiger partial charge in [-0.15, -0.1) is 0 Å². The first kappa shape index (κ1) is 18.4. The number of hydrogen-bond donors (Lipinski definition) is 1. The Kier molecular flexibility index (Phi) is 5.64. The van der Waals surface area contributed by atoms with Crippen molar-refractivity contribution in [3.63, 3.8) is 0 Å². The number of nitrogens with zero attached hydrogens (tertiary/aromatic N) is 1. The highest BCUT2D eigenvalue weighted by Gasteiger charge is 2.23. The molecule has 0 fully saturated rings. The monoisotopic (exact) mass is 390 g/mol. The van der Waals surface area contributed by atoms with Gasteiger partial charge in [-0.05, 0) is 36.8 Å². The van der Waals surface area contributed by atoms with E-state index in [1.165, 1.54) is 18.2 Å². The number of halogens is 4. The molecule has 24 heavy (non-hydrogen) atoms. The zero-order valence-electron chi connectivity index (χ0n) is 12.1. The summed E-state index contributed by atoms with van der Waals surface area (Å²) in [4.78, 5) is 22.7. The Balaban J connectivity index is 2.30. The second kappa shape index (κ2) is 7.34. The van der Waals surface area contributed by atoms with Crippen molar-refractivity contribution in [2.45, 2.75) is 13.0 Å². The fraction of sp³-hybridized carbons (Fsp3) is 0.133. The van der Waals surface area contributed by atoms with E-state index in [2.05, 4.69) is 5.32 Å². The van der Waals surface area contributed by atoms with Crippen molar-refractivity contribution in [1.29, 1.82) is 0 Å². The van der Waals surface area contributed by atoms with Crippen LogP contribution in [0.4, 0.5) is 10.1 Å². The van der Waals surface area contributed by atoms with Crippen molar-refractivity contribution in [2.24, 2.45) is 0 Å². The third kappa shape index (κ3) is 3.95. The quantitative estimate of drug-likeness (QED) is 0.443. The van der Waals surface area contributed by atoms with Crippen molar-refractivity contribution < 1.29 is 14.1 Å². The van der Waals surface area contributed by atoms with Gasteiger partial charge in [0.05, 0.1) is 16.0 Å². The molecule has 1 atom stereocenters. The highest BCUT2D eigenvalue weighted by molar-refractivity contribution is 6.35. The summed E-state index contributed by atoms with van der Waals surface area (Å²) in [5.74, 6) is -1.40. The van der Waals surface area contributed by atoms with E-state index in [1.54, 1.807) is 6.92 Å². The van der Waals surface area contributed by atoms with Crippen LogP contribution in [0.1, 0.15) is 28.9 Å². The van der Waals surface area contributed by atoms with Crippen LogP contribution in [0.25, 0.3) is 0 Å². The molecule has 0 spiro atoms. The lowest BCUT2D eigenvalue weighted by molar-refractivity contribution is -0.385. The predicted octanol–water partition coefficient (Wildman–Crippen LogP) is 5.19. The molecule has 0 radical (unpaired) electrons. The highest BCUT2D eigenvalue weighted by Crippen LogP contribution is 2.29. The molecule has 1 N–H and O–H groups in total. The molecule has 1 amide bonds. The van der Waals surface area contributed by atoms with Crippen molar-refractivity contribution in [3.05, 3.63) is 72.5 Å². The Labute approximate surface area is 151 Å². The van der Waals surface area contributed by atoms with Gasteiger partial charge in [-0.3, -0.25) is 14.9 Å². The summed E-state index contributed by atoms with van der Waals surface area (Å²) in [6, 6.07) is 5.31. The topological polar surface area (TPSA) is 72.2 Å². The van der Waals surface area contributed by atoms with E-state index in [-0.39, 0.29) is 20.6 Å². The van der Waals surface area contributed by atoms with Gasteiger partial charge in [0, 0.05) is 16.1 Å². The zero-order chi connectivity index (χ0) is 18.0. The lowest BCUT2D eigenvalue weighted by Gasteiger charge is -2.16. The number of rotatable bonds is 4. The van der Waals surface area contributed by atoms with Crippen LogP contribution in [0.3, 0.4) is 0 Å². The van der Waals surface area contributed by atoms with Crippen LogP contribution in [0.5, 0.6) is 0 Å². The fourth-order valence-electron chi connectivity index (χ4n) is 2.07. The number of carbonyl (C=O) groups is 1. The third-order valence-corrected chi connectivity index (χ3v) is 4.11. The van der Waals surface area contributed by atoms with Gasteiger partial charge in [0.1, 0.15) is 11.4 Å². The molecule has 2 rings (SSSR count). The Morgan fingerprint density at radius 1 is 1.21 bits per heavy atom. The van der Waals surface area contributed by atoms with Crippen LogP contribution in [0.2, 0.25) is 15.1 Å². The summed E-state index contributed by atoms with van der Waals surface area (Å²) in [7, 11) is 0. The molecule has 126 valence electrons. The van der Waals surface area contributed by atoms with E-state index in [9.17, 15) is 19.3 Å². The number of carbonyl (C=O) groups excluding carboxylic acids is 1. The predicted molar refractivity (Wildman–Crippen MR) is 90.4 cm³/mol. The number of nitro groups is 1. The molecule has 0 aromatic heterocycles. The minimum Gasteiger partial charge on any atom is -0.345 e. The molecular formula is C15H10Cl3FN2O3. The van der Waals surface area contributed by atoms with Gasteiger partial charge in [-0.1, -0.05) is 34.8 Å². The first-order valence-corrected chi connectivity index (χ1v) is 7.73. The Bertz CT molecular complexity index is 830. The SMILES string of the molecule is C[C@H](NC(=O)c1ccc(Cl)cc1[N+](=O)[O-])c1cc(F)c(Cl)cc1Cl. The van der Waals surface area contributed by atoms with Crippen LogP contribution in [0, 0.1) is 15.9 Å². The number of hydrogen-bond acceptors (Lipinski definition) is 3. The summed E-state index contributed by atoms with van der Waals surface area (Å²) in [6.07, 6.45) is 0. The molecule has 0 aliphatic carbocycles. The second-order valence-corrected chi connectivity index (χ2v) is 6.15. The van der Waals surface area contributed by atoms with Gasteiger partial charge in [-0.25, -0.2) is 4.39 Å². The Hall–Kier alpha value is -1.89. The van der Waals surface area contributed by atoms with Crippen LogP contribution in [-0.4, -0.2) is 10.8 Å². The first-order chi connectivity index (χ1) is 11.2. The van der Waals surface area contributed by atoms with Gasteiger partial charge < -0.3 is 5.32 Å². The minimum atomic E-state index is -0.711. The Morgan fingerprint density at radius 3 is 2.50 bits per heavy atom. The van der Waals surface area contributed by atoms with Gasteiger partial charge >= 0.3 is 0 Å². The van der Waals surface area contributed by atoms with Crippen LogP contribution < -0.4 is 5.32 Å². The summed E-state index contributed by atoms with van der Waals surface area (Å²) >= 11 is 17.3. The summed E-state index contributed by atoms with van der Waals surface area (Å²) < 4.78 is 13.6. The van der Waals surface area contributed by atoms with Crippen molar-refractivity contribution in [3.8, 4) is 0 Å². The number of nitrogens with one attached hydrogen (secondary N) is 1. The van der Waals surface area contributed by atoms with E-state index in [4.69, 9.17) is 34.8 Å². The van der Waals surface area contributed by atoms with Crippen LogP contribution in [0.15, 0.2) is 30.3 Å². The maximum atomic E-state index is 13.6. The van der Waals surface area contributed by atoms with E-state index < -0.39 is 28.4 Å². The highest BCUT2D eigenvalue weighted by atomic mass is 35.5. The molecule has 0 aliphatic rings. The molecule has 0 heterocycles. The Morgan fingerprint density at radius 2 is 1.88 bits per heavy atom. The van der Waals surface area contributed by atoms with Crippen molar-refractivity contribution in [2.75, 3.05) is 0 Å². The molecular weight excluding hydrogens is 382 g/mol. The summed E-state index contributed by atoms with van der Waals surface area (Å²) in [5, 5.41) is 13.7. The number of benzene rings is 2. The molecule has 0 saturated carbocycles. The van der Waals surface area contributed by atoms with E-state index in [0.717, 1.165) is 12.1 Å². The van der Waals surface area contributed by atoms with Crippen LogP contribution >= 0.6 is 34.8 Å². The van der Waals surface area contributed by atoms with Gasteiger partial charge in [0.25, 0.3) is 11.6 Å². The number of nitro benzene ring substituents is 1. The molecule has 0 bridgehead atoms. The molecule has 9 heteroatoms. The standard InChI is InChI=1S/C15H10Cl3FN2O3/c1-7(10-5-13(19)12(18)6-11(10)17)20-15(22)9-3-2-8(16)4-14(9)21(23)24/h2-7H,1H3,(H,20,22)/t7-/m0/s1. The second-order valence-electron chi connectivity index (χ2n) is 4.90. The van der Waals surface area contributed by atoms with E-state index in [1.807, 2.05) is 0 Å². The average Bonchev–Trinajstić information content (AvgIpc) is 2.50. The normalized spacial score (nSPS) is 11.9. The van der Waals surface area contributed by atoms with Crippen molar-refractivity contribution in [1.82, 2.24) is 5.32 Å². The van der Waals surface area contributed by atoms with Gasteiger partial charge in [0.15, 0.2) is 0 Å². The third-order valence-electron chi connectivity index (χ3n) is 3.25. The summed E-state index contributed by atoms with van der Waals surface area (Å²) in [5.41, 5.74) is -0.300. The maximum Gasteiger partial charge on any atom is 0.283 e. The lowest BCUT2D eigenvalue weighted by atomic mass is 10.1. The van der Waals surface area contributed by atoms with Gasteiger partial charge in [-0.2, -0.15) is 0 Å². The van der Waals surface area contributed by atoms with Crippen molar-refractivity contribution >= 4 is 46.4 Å². The molecule has 0 unspecified atom stereocenters. The molecule has 0 aliphatic heterocycles. The number of amides is 1. The van der Waals surface area contributed by atoms with E-state index in [0.29, 0.717) is 5.56 Å². The maximum absolute atomic E-state index is 13.6. The zero-order valence-corrected chi connectivity index (χ0v) is 14.4. The smallest absolute Gasteiger partial charge is 0.283 e. The van der Waals surface area contributed by atoms with Gasteiger partial charge in [0.2, 0.25) is 0 Å². The lowest BCUT2D eigenvalue weighted by Crippen LogP contribution is -2.27. The average molecular weight is 392 g/mol. The molecule has 2 aromatic rings. The molecule has 0 saturated heterocycles. The molecule has 2 aromatic carbocycles. The summed E-state index contributed by atoms with van der Waals surface area (Å²) in [6.45, 7) is 1.56. The van der Waals surface area contributed by atoms with E-state index >= 15 is 0 Å². The first-order valence-electron chi connectivity index (χ1n) is 6.60. The van der Waals surface area contributed by atoms with Crippen LogP contribution in [-0.2, 0) is 0 Å². The molecule has 5 nitrogen and oxygen atoms in total. The fourth-order valence-corrected chi connectivity index (χ4v) is 2.78. The minimum absolute atomic E-state index is 0.133.